The highest BCUT2D eigenvalue weighted by Gasteiger charge is 2.07. The van der Waals surface area contributed by atoms with E-state index in [0.29, 0.717) is 22.6 Å². The van der Waals surface area contributed by atoms with Gasteiger partial charge in [-0.25, -0.2) is 9.37 Å². The Labute approximate surface area is 110 Å². The third kappa shape index (κ3) is 2.73. The van der Waals surface area contributed by atoms with Crippen molar-refractivity contribution < 1.29 is 9.13 Å². The van der Waals surface area contributed by atoms with E-state index in [9.17, 15) is 4.39 Å². The quantitative estimate of drug-likeness (QED) is 0.860. The first kappa shape index (κ1) is 12.7. The smallest absolute Gasteiger partial charge is 0.197 e. The van der Waals surface area contributed by atoms with Crippen molar-refractivity contribution >= 4 is 12.2 Å². The zero-order chi connectivity index (χ0) is 13.1. The predicted octanol–water partition coefficient (Wildman–Crippen LogP) is 3.65. The topological polar surface area (TPSA) is 37.9 Å². The Kier molecular flexibility index (Phi) is 3.72. The Morgan fingerprint density at radius 1 is 1.39 bits per heavy atom. The number of benzene rings is 1. The monoisotopic (exact) mass is 264 g/mol. The molecular weight excluding hydrogens is 251 g/mol. The molecular formula is C13H13FN2OS. The first-order valence-corrected chi connectivity index (χ1v) is 6.01. The van der Waals surface area contributed by atoms with Crippen molar-refractivity contribution in [3.63, 3.8) is 0 Å². The molecule has 94 valence electrons. The molecule has 1 heterocycles. The second-order valence-electron chi connectivity index (χ2n) is 3.83. The molecule has 0 spiro atoms. The summed E-state index contributed by atoms with van der Waals surface area (Å²) in [5, 5.41) is 0. The number of aryl methyl sites for hydroxylation is 1. The molecule has 1 N–H and O–H groups in total. The van der Waals surface area contributed by atoms with Crippen LogP contribution in [0.5, 0.6) is 5.75 Å². The predicted molar refractivity (Wildman–Crippen MR) is 70.7 cm³/mol. The van der Waals surface area contributed by atoms with E-state index in [1.165, 1.54) is 6.07 Å². The van der Waals surface area contributed by atoms with Gasteiger partial charge >= 0.3 is 0 Å². The molecule has 0 aliphatic heterocycles. The minimum Gasteiger partial charge on any atom is -0.491 e. The van der Waals surface area contributed by atoms with Crippen LogP contribution < -0.4 is 4.74 Å². The molecule has 0 saturated carbocycles. The lowest BCUT2D eigenvalue weighted by Crippen LogP contribution is -1.96. The molecule has 18 heavy (non-hydrogen) atoms. The van der Waals surface area contributed by atoms with Crippen LogP contribution in [0, 0.1) is 17.5 Å². The fourth-order valence-electron chi connectivity index (χ4n) is 1.66. The molecule has 0 amide bonds. The third-order valence-electron chi connectivity index (χ3n) is 2.41. The van der Waals surface area contributed by atoms with Crippen LogP contribution in [0.1, 0.15) is 12.6 Å². The van der Waals surface area contributed by atoms with E-state index in [0.717, 1.165) is 5.69 Å². The van der Waals surface area contributed by atoms with Gasteiger partial charge in [0.15, 0.2) is 16.3 Å². The number of aromatic nitrogens is 2. The Morgan fingerprint density at radius 3 is 2.78 bits per heavy atom. The molecule has 0 fully saturated rings. The average Bonchev–Trinajstić information content (AvgIpc) is 2.30. The average molecular weight is 264 g/mol. The van der Waals surface area contributed by atoms with E-state index in [2.05, 4.69) is 9.97 Å². The summed E-state index contributed by atoms with van der Waals surface area (Å²) in [7, 11) is 0. The van der Waals surface area contributed by atoms with Crippen LogP contribution in [0.2, 0.25) is 0 Å². The van der Waals surface area contributed by atoms with E-state index in [1.54, 1.807) is 12.1 Å². The lowest BCUT2D eigenvalue weighted by molar-refractivity contribution is 0.321. The fourth-order valence-corrected chi connectivity index (χ4v) is 1.92. The van der Waals surface area contributed by atoms with Gasteiger partial charge in [0.25, 0.3) is 0 Å². The largest absolute Gasteiger partial charge is 0.491 e. The van der Waals surface area contributed by atoms with Crippen molar-refractivity contribution in [2.45, 2.75) is 13.8 Å². The van der Waals surface area contributed by atoms with E-state index < -0.39 is 5.82 Å². The Bertz CT molecular complexity index is 625. The van der Waals surface area contributed by atoms with Crippen LogP contribution in [-0.4, -0.2) is 16.6 Å². The summed E-state index contributed by atoms with van der Waals surface area (Å²) in [4.78, 5) is 7.08. The Balaban J connectivity index is 2.45. The third-order valence-corrected chi connectivity index (χ3v) is 2.60. The molecule has 0 atom stereocenters. The number of hydrogen-bond donors (Lipinski definition) is 1. The summed E-state index contributed by atoms with van der Waals surface area (Å²) in [5.74, 6) is -0.147. The Morgan fingerprint density at radius 2 is 2.17 bits per heavy atom. The molecule has 0 aliphatic rings. The standard InChI is InChI=1S/C13H13FN2OS/c1-3-17-12-5-4-9(7-10(12)14)11-6-8(2)15-13(18)16-11/h4-7H,3H2,1-2H3,(H,15,16,18). The highest BCUT2D eigenvalue weighted by Crippen LogP contribution is 2.24. The highest BCUT2D eigenvalue weighted by molar-refractivity contribution is 7.71. The molecule has 2 aromatic rings. The van der Waals surface area contributed by atoms with Crippen molar-refractivity contribution in [3.05, 3.63) is 40.5 Å². The van der Waals surface area contributed by atoms with Crippen LogP contribution in [0.25, 0.3) is 11.3 Å². The van der Waals surface area contributed by atoms with Gasteiger partial charge < -0.3 is 9.72 Å². The zero-order valence-electron chi connectivity index (χ0n) is 10.2. The van der Waals surface area contributed by atoms with Crippen LogP contribution in [0.4, 0.5) is 4.39 Å². The van der Waals surface area contributed by atoms with Crippen molar-refractivity contribution in [1.82, 2.24) is 9.97 Å². The molecule has 2 rings (SSSR count). The molecule has 0 saturated heterocycles. The molecule has 0 aliphatic carbocycles. The fraction of sp³-hybridized carbons (Fsp3) is 0.231. The van der Waals surface area contributed by atoms with Gasteiger partial charge in [0, 0.05) is 11.3 Å². The lowest BCUT2D eigenvalue weighted by Gasteiger charge is -2.07. The van der Waals surface area contributed by atoms with Gasteiger partial charge in [0.1, 0.15) is 0 Å². The molecule has 0 bridgehead atoms. The van der Waals surface area contributed by atoms with Crippen molar-refractivity contribution in [2.24, 2.45) is 0 Å². The summed E-state index contributed by atoms with van der Waals surface area (Å²) >= 11 is 5.00. The van der Waals surface area contributed by atoms with Gasteiger partial charge in [-0.05, 0) is 50.3 Å². The van der Waals surface area contributed by atoms with E-state index >= 15 is 0 Å². The van der Waals surface area contributed by atoms with Crippen LogP contribution in [0.15, 0.2) is 24.3 Å². The van der Waals surface area contributed by atoms with E-state index in [-0.39, 0.29) is 5.75 Å². The summed E-state index contributed by atoms with van der Waals surface area (Å²) < 4.78 is 19.3. The van der Waals surface area contributed by atoms with Gasteiger partial charge in [-0.2, -0.15) is 0 Å². The maximum atomic E-state index is 13.7. The highest BCUT2D eigenvalue weighted by atomic mass is 32.1. The second kappa shape index (κ2) is 5.27. The molecule has 1 aromatic heterocycles. The number of hydrogen-bond acceptors (Lipinski definition) is 3. The number of nitrogens with zero attached hydrogens (tertiary/aromatic N) is 1. The van der Waals surface area contributed by atoms with Crippen molar-refractivity contribution in [2.75, 3.05) is 6.61 Å². The van der Waals surface area contributed by atoms with Crippen LogP contribution in [-0.2, 0) is 0 Å². The van der Waals surface area contributed by atoms with E-state index in [4.69, 9.17) is 17.0 Å². The molecule has 1 aromatic carbocycles. The molecule has 0 radical (unpaired) electrons. The summed E-state index contributed by atoms with van der Waals surface area (Å²) in [6.07, 6.45) is 0. The van der Waals surface area contributed by atoms with Gasteiger partial charge in [0.2, 0.25) is 0 Å². The number of aromatic amines is 1. The molecule has 0 unspecified atom stereocenters. The van der Waals surface area contributed by atoms with Crippen LogP contribution in [0.3, 0.4) is 0 Å². The maximum absolute atomic E-state index is 13.7. The zero-order valence-corrected chi connectivity index (χ0v) is 11.0. The first-order chi connectivity index (χ1) is 8.60. The van der Waals surface area contributed by atoms with Gasteiger partial charge in [-0.15, -0.1) is 0 Å². The van der Waals surface area contributed by atoms with Gasteiger partial charge in [-0.3, -0.25) is 0 Å². The summed E-state index contributed by atoms with van der Waals surface area (Å²) in [6.45, 7) is 4.13. The number of ether oxygens (including phenoxy) is 1. The molecule has 3 nitrogen and oxygen atoms in total. The summed E-state index contributed by atoms with van der Waals surface area (Å²) in [5.41, 5.74) is 2.22. The maximum Gasteiger partial charge on any atom is 0.197 e. The summed E-state index contributed by atoms with van der Waals surface area (Å²) in [6, 6.07) is 6.60. The van der Waals surface area contributed by atoms with E-state index in [1.807, 2.05) is 19.9 Å². The number of rotatable bonds is 3. The number of halogens is 1. The minimum absolute atomic E-state index is 0.249. The number of nitrogens with one attached hydrogen (secondary N) is 1. The van der Waals surface area contributed by atoms with Crippen molar-refractivity contribution in [3.8, 4) is 17.0 Å². The normalized spacial score (nSPS) is 10.4. The Hall–Kier alpha value is -1.75. The molecule has 5 heteroatoms. The number of H-pyrrole nitrogens is 1. The van der Waals surface area contributed by atoms with Gasteiger partial charge in [-0.1, -0.05) is 0 Å². The van der Waals surface area contributed by atoms with Gasteiger partial charge in [0.05, 0.1) is 12.3 Å². The minimum atomic E-state index is -0.396. The SMILES string of the molecule is CCOc1ccc(-c2cc(C)[nH]c(=S)n2)cc1F. The second-order valence-corrected chi connectivity index (χ2v) is 4.22. The van der Waals surface area contributed by atoms with Crippen LogP contribution >= 0.6 is 12.2 Å². The first-order valence-electron chi connectivity index (χ1n) is 5.61. The van der Waals surface area contributed by atoms with Crippen molar-refractivity contribution in [1.29, 1.82) is 0 Å². The lowest BCUT2D eigenvalue weighted by atomic mass is 10.1.